The molecule has 0 fully saturated rings. The minimum Gasteiger partial charge on any atom is -0.399 e. The van der Waals surface area contributed by atoms with Crippen LogP contribution in [0, 0.1) is 0 Å². The zero-order valence-corrected chi connectivity index (χ0v) is 10.7. The van der Waals surface area contributed by atoms with Crippen molar-refractivity contribution in [2.24, 2.45) is 0 Å². The maximum Gasteiger partial charge on any atom is 0.128 e. The fourth-order valence-electron chi connectivity index (χ4n) is 2.00. The molecule has 0 atom stereocenters. The summed E-state index contributed by atoms with van der Waals surface area (Å²) in [6.45, 7) is 4.01. The van der Waals surface area contributed by atoms with Gasteiger partial charge in [0.1, 0.15) is 5.82 Å². The number of nitrogens with two attached hydrogens (primary N) is 1. The van der Waals surface area contributed by atoms with Crippen LogP contribution in [0.4, 0.5) is 11.5 Å². The molecule has 94 valence electrons. The van der Waals surface area contributed by atoms with E-state index in [-0.39, 0.29) is 0 Å². The molecular formula is C15H19N3. The molecule has 1 aromatic carbocycles. The van der Waals surface area contributed by atoms with E-state index in [1.165, 1.54) is 5.56 Å². The molecule has 2 aromatic rings. The molecule has 0 radical (unpaired) electrons. The monoisotopic (exact) mass is 241 g/mol. The maximum absolute atomic E-state index is 5.81. The summed E-state index contributed by atoms with van der Waals surface area (Å²) in [5.41, 5.74) is 7.84. The van der Waals surface area contributed by atoms with Gasteiger partial charge in [0.25, 0.3) is 0 Å². The lowest BCUT2D eigenvalue weighted by molar-refractivity contribution is 0.755. The van der Waals surface area contributed by atoms with Crippen molar-refractivity contribution in [3.05, 3.63) is 54.2 Å². The second-order valence-electron chi connectivity index (χ2n) is 4.35. The maximum atomic E-state index is 5.81. The van der Waals surface area contributed by atoms with Crippen LogP contribution in [0.1, 0.15) is 18.9 Å². The van der Waals surface area contributed by atoms with Crippen molar-refractivity contribution < 1.29 is 0 Å². The second kappa shape index (κ2) is 6.05. The lowest BCUT2D eigenvalue weighted by Crippen LogP contribution is -2.24. The smallest absolute Gasteiger partial charge is 0.128 e. The van der Waals surface area contributed by atoms with Crippen LogP contribution in [0.3, 0.4) is 0 Å². The van der Waals surface area contributed by atoms with Gasteiger partial charge < -0.3 is 10.6 Å². The predicted octanol–water partition coefficient (Wildman–Crippen LogP) is 3.08. The third-order valence-electron chi connectivity index (χ3n) is 2.79. The van der Waals surface area contributed by atoms with Crippen molar-refractivity contribution in [3.63, 3.8) is 0 Å². The lowest BCUT2D eigenvalue weighted by atomic mass is 10.2. The number of hydrogen-bond acceptors (Lipinski definition) is 3. The lowest BCUT2D eigenvalue weighted by Gasteiger charge is -2.23. The Bertz CT molecular complexity index is 482. The molecule has 3 nitrogen and oxygen atoms in total. The van der Waals surface area contributed by atoms with E-state index in [0.717, 1.165) is 31.0 Å². The molecule has 0 aliphatic rings. The Balaban J connectivity index is 2.16. The Morgan fingerprint density at radius 1 is 1.17 bits per heavy atom. The molecule has 0 unspecified atom stereocenters. The highest BCUT2D eigenvalue weighted by molar-refractivity contribution is 5.44. The highest BCUT2D eigenvalue weighted by atomic mass is 15.2. The van der Waals surface area contributed by atoms with Crippen LogP contribution in [0.25, 0.3) is 0 Å². The molecule has 2 rings (SSSR count). The first-order valence-electron chi connectivity index (χ1n) is 6.30. The molecule has 0 amide bonds. The normalized spacial score (nSPS) is 10.3. The van der Waals surface area contributed by atoms with E-state index < -0.39 is 0 Å². The third-order valence-corrected chi connectivity index (χ3v) is 2.79. The van der Waals surface area contributed by atoms with Crippen LogP contribution in [-0.4, -0.2) is 11.5 Å². The summed E-state index contributed by atoms with van der Waals surface area (Å²) in [4.78, 5) is 6.68. The number of benzene rings is 1. The van der Waals surface area contributed by atoms with Gasteiger partial charge in [-0.1, -0.05) is 25.1 Å². The summed E-state index contributed by atoms with van der Waals surface area (Å²) < 4.78 is 0. The van der Waals surface area contributed by atoms with Crippen molar-refractivity contribution in [2.45, 2.75) is 19.9 Å². The number of aromatic nitrogens is 1. The van der Waals surface area contributed by atoms with Gasteiger partial charge in [0.15, 0.2) is 0 Å². The van der Waals surface area contributed by atoms with Crippen LogP contribution in [0.5, 0.6) is 0 Å². The van der Waals surface area contributed by atoms with E-state index in [2.05, 4.69) is 22.9 Å². The van der Waals surface area contributed by atoms with Gasteiger partial charge >= 0.3 is 0 Å². The first-order valence-corrected chi connectivity index (χ1v) is 6.30. The number of anilines is 2. The first-order chi connectivity index (χ1) is 8.79. The Hall–Kier alpha value is -2.03. The molecule has 18 heavy (non-hydrogen) atoms. The van der Waals surface area contributed by atoms with Gasteiger partial charge in [-0.05, 0) is 36.2 Å². The zero-order valence-electron chi connectivity index (χ0n) is 10.7. The fourth-order valence-corrected chi connectivity index (χ4v) is 2.00. The molecule has 0 aliphatic heterocycles. The fraction of sp³-hybridized carbons (Fsp3) is 0.267. The Kier molecular flexibility index (Phi) is 4.18. The van der Waals surface area contributed by atoms with Gasteiger partial charge in [-0.3, -0.25) is 0 Å². The van der Waals surface area contributed by atoms with Crippen molar-refractivity contribution in [2.75, 3.05) is 17.2 Å². The SMILES string of the molecule is CCCN(Cc1cccc(N)c1)c1ccccn1. The van der Waals surface area contributed by atoms with Gasteiger partial charge in [-0.15, -0.1) is 0 Å². The van der Waals surface area contributed by atoms with Gasteiger partial charge in [-0.25, -0.2) is 4.98 Å². The third kappa shape index (κ3) is 3.23. The molecule has 0 bridgehead atoms. The summed E-state index contributed by atoms with van der Waals surface area (Å²) in [7, 11) is 0. The molecule has 3 heteroatoms. The van der Waals surface area contributed by atoms with Crippen molar-refractivity contribution in [1.82, 2.24) is 4.98 Å². The minimum atomic E-state index is 0.810. The average Bonchev–Trinajstić information content (AvgIpc) is 2.39. The topological polar surface area (TPSA) is 42.1 Å². The number of rotatable bonds is 5. The van der Waals surface area contributed by atoms with E-state index >= 15 is 0 Å². The van der Waals surface area contributed by atoms with Gasteiger partial charge in [0, 0.05) is 25.0 Å². The average molecular weight is 241 g/mol. The molecule has 0 saturated carbocycles. The summed E-state index contributed by atoms with van der Waals surface area (Å²) >= 11 is 0. The Morgan fingerprint density at radius 3 is 2.72 bits per heavy atom. The Labute approximate surface area is 108 Å². The largest absolute Gasteiger partial charge is 0.399 e. The molecule has 1 aromatic heterocycles. The van der Waals surface area contributed by atoms with E-state index in [1.807, 2.05) is 42.6 Å². The Morgan fingerprint density at radius 2 is 2.06 bits per heavy atom. The summed E-state index contributed by atoms with van der Waals surface area (Å²) in [5.74, 6) is 1.02. The number of pyridine rings is 1. The van der Waals surface area contributed by atoms with Crippen LogP contribution in [0.15, 0.2) is 48.7 Å². The highest BCUT2D eigenvalue weighted by Crippen LogP contribution is 2.15. The van der Waals surface area contributed by atoms with Crippen molar-refractivity contribution in [3.8, 4) is 0 Å². The number of nitrogen functional groups attached to an aromatic ring is 1. The molecule has 0 saturated heterocycles. The minimum absolute atomic E-state index is 0.810. The number of nitrogens with zero attached hydrogens (tertiary/aromatic N) is 2. The molecule has 0 aliphatic carbocycles. The van der Waals surface area contributed by atoms with E-state index in [1.54, 1.807) is 0 Å². The van der Waals surface area contributed by atoms with E-state index in [9.17, 15) is 0 Å². The standard InChI is InChI=1S/C15H19N3/c1-2-10-18(15-8-3-4-9-17-15)12-13-6-5-7-14(16)11-13/h3-9,11H,2,10,12,16H2,1H3. The molecule has 2 N–H and O–H groups in total. The summed E-state index contributed by atoms with van der Waals surface area (Å²) in [6, 6.07) is 14.0. The quantitative estimate of drug-likeness (QED) is 0.818. The second-order valence-corrected chi connectivity index (χ2v) is 4.35. The molecular weight excluding hydrogens is 222 g/mol. The van der Waals surface area contributed by atoms with Crippen molar-refractivity contribution in [1.29, 1.82) is 0 Å². The van der Waals surface area contributed by atoms with Crippen LogP contribution < -0.4 is 10.6 Å². The van der Waals surface area contributed by atoms with Gasteiger partial charge in [0.05, 0.1) is 0 Å². The summed E-state index contributed by atoms with van der Waals surface area (Å²) in [5, 5.41) is 0. The van der Waals surface area contributed by atoms with E-state index in [4.69, 9.17) is 5.73 Å². The number of hydrogen-bond donors (Lipinski definition) is 1. The van der Waals surface area contributed by atoms with Crippen LogP contribution in [0.2, 0.25) is 0 Å². The van der Waals surface area contributed by atoms with Gasteiger partial charge in [0.2, 0.25) is 0 Å². The molecule has 0 spiro atoms. The van der Waals surface area contributed by atoms with Gasteiger partial charge in [-0.2, -0.15) is 0 Å². The first kappa shape index (κ1) is 12.4. The molecule has 1 heterocycles. The summed E-state index contributed by atoms with van der Waals surface area (Å²) in [6.07, 6.45) is 2.93. The van der Waals surface area contributed by atoms with Crippen LogP contribution in [-0.2, 0) is 6.54 Å². The zero-order chi connectivity index (χ0) is 12.8. The van der Waals surface area contributed by atoms with Crippen molar-refractivity contribution >= 4 is 11.5 Å². The highest BCUT2D eigenvalue weighted by Gasteiger charge is 2.07. The van der Waals surface area contributed by atoms with Crippen LogP contribution >= 0.6 is 0 Å². The predicted molar refractivity (Wildman–Crippen MR) is 76.4 cm³/mol. The van der Waals surface area contributed by atoms with E-state index in [0.29, 0.717) is 0 Å².